The van der Waals surface area contributed by atoms with Crippen LogP contribution in [0.3, 0.4) is 0 Å². The normalized spacial score (nSPS) is 15.8. The fraction of sp³-hybridized carbons (Fsp3) is 0.417. The Morgan fingerprint density at radius 1 is 1.12 bits per heavy atom. The highest BCUT2D eigenvalue weighted by Gasteiger charge is 2.32. The van der Waals surface area contributed by atoms with E-state index in [2.05, 4.69) is 0 Å². The van der Waals surface area contributed by atoms with Crippen molar-refractivity contribution in [3.63, 3.8) is 0 Å². The van der Waals surface area contributed by atoms with E-state index in [-0.39, 0.29) is 35.3 Å². The van der Waals surface area contributed by atoms with Crippen molar-refractivity contribution in [2.75, 3.05) is 18.5 Å². The lowest BCUT2D eigenvalue weighted by atomic mass is 10.1. The van der Waals surface area contributed by atoms with Crippen LogP contribution in [-0.4, -0.2) is 55.1 Å². The minimum Gasteiger partial charge on any atom is -0.335 e. The molecule has 1 aliphatic heterocycles. The molecule has 0 saturated heterocycles. The standard InChI is InChI=1S/C24H31N3O4S/c1-17(2)26(15-20-9-7-6-8-10-20)24(29)16-25(5)32(30,31)22-11-12-23-21(14-22)13-18(3)27(23)19(4)28/h6-12,14,17-18H,13,15-16H2,1-5H3/t18-/m1/s1. The van der Waals surface area contributed by atoms with Crippen molar-refractivity contribution in [3.8, 4) is 0 Å². The van der Waals surface area contributed by atoms with E-state index >= 15 is 0 Å². The van der Waals surface area contributed by atoms with Crippen LogP contribution in [0.15, 0.2) is 53.4 Å². The van der Waals surface area contributed by atoms with Crippen molar-refractivity contribution in [1.82, 2.24) is 9.21 Å². The van der Waals surface area contributed by atoms with Crippen molar-refractivity contribution >= 4 is 27.5 Å². The zero-order valence-electron chi connectivity index (χ0n) is 19.3. The Kier molecular flexibility index (Phi) is 7.05. The highest BCUT2D eigenvalue weighted by atomic mass is 32.2. The zero-order chi connectivity index (χ0) is 23.6. The summed E-state index contributed by atoms with van der Waals surface area (Å²) in [6.07, 6.45) is 0.596. The predicted molar refractivity (Wildman–Crippen MR) is 125 cm³/mol. The molecule has 1 aliphatic rings. The van der Waals surface area contributed by atoms with Crippen LogP contribution in [0.2, 0.25) is 0 Å². The summed E-state index contributed by atoms with van der Waals surface area (Å²) in [5, 5.41) is 0. The fourth-order valence-electron chi connectivity index (χ4n) is 4.13. The van der Waals surface area contributed by atoms with E-state index in [1.54, 1.807) is 21.9 Å². The molecule has 172 valence electrons. The van der Waals surface area contributed by atoms with E-state index in [0.29, 0.717) is 13.0 Å². The van der Waals surface area contributed by atoms with Crippen molar-refractivity contribution in [1.29, 1.82) is 0 Å². The van der Waals surface area contributed by atoms with Crippen LogP contribution < -0.4 is 4.90 Å². The van der Waals surface area contributed by atoms with E-state index in [1.165, 1.54) is 20.0 Å². The number of hydrogen-bond acceptors (Lipinski definition) is 4. The number of hydrogen-bond donors (Lipinski definition) is 0. The molecule has 0 unspecified atom stereocenters. The van der Waals surface area contributed by atoms with Gasteiger partial charge in [0, 0.05) is 38.3 Å². The second-order valence-electron chi connectivity index (χ2n) is 8.59. The Labute approximate surface area is 190 Å². The number of rotatable bonds is 7. The van der Waals surface area contributed by atoms with Gasteiger partial charge in [0.25, 0.3) is 0 Å². The lowest BCUT2D eigenvalue weighted by molar-refractivity contribution is -0.133. The summed E-state index contributed by atoms with van der Waals surface area (Å²) in [5.74, 6) is -0.325. The van der Waals surface area contributed by atoms with Gasteiger partial charge in [0.2, 0.25) is 21.8 Å². The molecular formula is C24H31N3O4S. The van der Waals surface area contributed by atoms with Crippen LogP contribution in [0.25, 0.3) is 0 Å². The van der Waals surface area contributed by atoms with Gasteiger partial charge in [-0.3, -0.25) is 9.59 Å². The summed E-state index contributed by atoms with van der Waals surface area (Å²) < 4.78 is 27.5. The van der Waals surface area contributed by atoms with Crippen molar-refractivity contribution < 1.29 is 18.0 Å². The van der Waals surface area contributed by atoms with Crippen molar-refractivity contribution in [2.24, 2.45) is 0 Å². The third-order valence-electron chi connectivity index (χ3n) is 5.81. The Bertz CT molecular complexity index is 1100. The molecule has 0 radical (unpaired) electrons. The van der Waals surface area contributed by atoms with Gasteiger partial charge in [0.1, 0.15) is 0 Å². The smallest absolute Gasteiger partial charge is 0.243 e. The second kappa shape index (κ2) is 9.42. The quantitative estimate of drug-likeness (QED) is 0.640. The number of fused-ring (bicyclic) bond motifs is 1. The molecule has 2 aromatic rings. The van der Waals surface area contributed by atoms with Crippen LogP contribution in [0, 0.1) is 0 Å². The first-order valence-corrected chi connectivity index (χ1v) is 12.2. The van der Waals surface area contributed by atoms with Gasteiger partial charge >= 0.3 is 0 Å². The first kappa shape index (κ1) is 23.9. The summed E-state index contributed by atoms with van der Waals surface area (Å²) >= 11 is 0. The second-order valence-corrected chi connectivity index (χ2v) is 10.6. The summed E-state index contributed by atoms with van der Waals surface area (Å²) in [5.41, 5.74) is 2.56. The Morgan fingerprint density at radius 2 is 1.78 bits per heavy atom. The highest BCUT2D eigenvalue weighted by molar-refractivity contribution is 7.89. The third kappa shape index (κ3) is 4.86. The maximum absolute atomic E-state index is 13.2. The monoisotopic (exact) mass is 457 g/mol. The molecule has 0 saturated carbocycles. The van der Waals surface area contributed by atoms with Crippen molar-refractivity contribution in [3.05, 3.63) is 59.7 Å². The Balaban J connectivity index is 1.78. The minimum absolute atomic E-state index is 0.0163. The highest BCUT2D eigenvalue weighted by Crippen LogP contribution is 2.34. The van der Waals surface area contributed by atoms with E-state index in [0.717, 1.165) is 21.1 Å². The van der Waals surface area contributed by atoms with Gasteiger partial charge in [-0.05, 0) is 56.5 Å². The minimum atomic E-state index is -3.86. The summed E-state index contributed by atoms with van der Waals surface area (Å²) in [7, 11) is -2.44. The fourth-order valence-corrected chi connectivity index (χ4v) is 5.30. The number of carbonyl (C=O) groups excluding carboxylic acids is 2. The molecule has 2 aromatic carbocycles. The van der Waals surface area contributed by atoms with E-state index in [1.807, 2.05) is 51.1 Å². The van der Waals surface area contributed by atoms with Crippen LogP contribution in [0.4, 0.5) is 5.69 Å². The average molecular weight is 458 g/mol. The van der Waals surface area contributed by atoms with Gasteiger partial charge in [-0.2, -0.15) is 4.31 Å². The molecule has 2 amide bonds. The molecule has 7 nitrogen and oxygen atoms in total. The molecule has 3 rings (SSSR count). The average Bonchev–Trinajstić information content (AvgIpc) is 3.07. The van der Waals surface area contributed by atoms with Gasteiger partial charge < -0.3 is 9.80 Å². The SMILES string of the molecule is CC(=O)N1c2ccc(S(=O)(=O)N(C)CC(=O)N(Cc3ccccc3)C(C)C)cc2C[C@H]1C. The summed E-state index contributed by atoms with van der Waals surface area (Å²) in [4.78, 5) is 28.4. The molecule has 0 aromatic heterocycles. The maximum Gasteiger partial charge on any atom is 0.243 e. The van der Waals surface area contributed by atoms with E-state index < -0.39 is 10.0 Å². The lowest BCUT2D eigenvalue weighted by Crippen LogP contribution is -2.43. The number of likely N-dealkylation sites (N-methyl/N-ethyl adjacent to an activating group) is 1. The van der Waals surface area contributed by atoms with Crippen LogP contribution in [-0.2, 0) is 32.6 Å². The number of anilines is 1. The molecule has 1 heterocycles. The molecular weight excluding hydrogens is 426 g/mol. The Morgan fingerprint density at radius 3 is 2.38 bits per heavy atom. The molecule has 0 aliphatic carbocycles. The van der Waals surface area contributed by atoms with E-state index in [4.69, 9.17) is 0 Å². The molecule has 0 spiro atoms. The molecule has 0 N–H and O–H groups in total. The van der Waals surface area contributed by atoms with Crippen molar-refractivity contribution in [2.45, 2.75) is 57.6 Å². The molecule has 32 heavy (non-hydrogen) atoms. The summed E-state index contributed by atoms with van der Waals surface area (Å²) in [6, 6.07) is 14.3. The number of carbonyl (C=O) groups is 2. The number of nitrogens with zero attached hydrogens (tertiary/aromatic N) is 3. The van der Waals surface area contributed by atoms with Crippen LogP contribution >= 0.6 is 0 Å². The number of amides is 2. The van der Waals surface area contributed by atoms with Gasteiger partial charge in [0.05, 0.1) is 11.4 Å². The Hall–Kier alpha value is -2.71. The van der Waals surface area contributed by atoms with Gasteiger partial charge in [-0.1, -0.05) is 30.3 Å². The molecule has 0 fully saturated rings. The first-order valence-electron chi connectivity index (χ1n) is 10.7. The predicted octanol–water partition coefficient (Wildman–Crippen LogP) is 3.04. The van der Waals surface area contributed by atoms with Gasteiger partial charge in [0.15, 0.2) is 0 Å². The maximum atomic E-state index is 13.2. The number of benzene rings is 2. The first-order chi connectivity index (χ1) is 15.0. The lowest BCUT2D eigenvalue weighted by Gasteiger charge is -2.29. The molecule has 1 atom stereocenters. The summed E-state index contributed by atoms with van der Waals surface area (Å²) in [6.45, 7) is 7.44. The van der Waals surface area contributed by atoms with E-state index in [9.17, 15) is 18.0 Å². The topological polar surface area (TPSA) is 78.0 Å². The number of sulfonamides is 1. The van der Waals surface area contributed by atoms with Crippen LogP contribution in [0.1, 0.15) is 38.8 Å². The largest absolute Gasteiger partial charge is 0.335 e. The zero-order valence-corrected chi connectivity index (χ0v) is 20.1. The molecule has 8 heteroatoms. The van der Waals surface area contributed by atoms with Crippen LogP contribution in [0.5, 0.6) is 0 Å². The van der Waals surface area contributed by atoms with Gasteiger partial charge in [-0.25, -0.2) is 8.42 Å². The van der Waals surface area contributed by atoms with Gasteiger partial charge in [-0.15, -0.1) is 0 Å². The third-order valence-corrected chi connectivity index (χ3v) is 7.61. The molecule has 0 bridgehead atoms.